The van der Waals surface area contributed by atoms with Crippen LogP contribution in [0.25, 0.3) is 10.9 Å². The Morgan fingerprint density at radius 1 is 1.59 bits per heavy atom. The van der Waals surface area contributed by atoms with Crippen molar-refractivity contribution in [2.75, 3.05) is 5.32 Å². The molecule has 1 atom stereocenters. The highest BCUT2D eigenvalue weighted by Crippen LogP contribution is 2.22. The van der Waals surface area contributed by atoms with Gasteiger partial charge in [-0.2, -0.15) is 5.10 Å². The maximum atomic E-state index is 12.0. The number of fused-ring (bicyclic) bond motifs is 1. The van der Waals surface area contributed by atoms with Gasteiger partial charge in [-0.15, -0.1) is 0 Å². The summed E-state index contributed by atoms with van der Waals surface area (Å²) in [6.07, 6.45) is 2.27. The van der Waals surface area contributed by atoms with Gasteiger partial charge in [0.1, 0.15) is 0 Å². The van der Waals surface area contributed by atoms with Gasteiger partial charge in [0.25, 0.3) is 0 Å². The van der Waals surface area contributed by atoms with Gasteiger partial charge in [-0.05, 0) is 25.5 Å². The van der Waals surface area contributed by atoms with Crippen LogP contribution in [-0.4, -0.2) is 21.6 Å². The molecule has 2 rings (SSSR count). The van der Waals surface area contributed by atoms with Crippen molar-refractivity contribution in [3.63, 3.8) is 0 Å². The molecule has 2 aromatic rings. The molecule has 5 heteroatoms. The number of amides is 1. The van der Waals surface area contributed by atoms with E-state index in [-0.39, 0.29) is 5.91 Å². The zero-order valence-electron chi connectivity index (χ0n) is 9.95. The number of aromatic nitrogens is 2. The van der Waals surface area contributed by atoms with Crippen LogP contribution in [0.15, 0.2) is 24.4 Å². The molecule has 0 saturated carbocycles. The lowest BCUT2D eigenvalue weighted by molar-refractivity contribution is -0.120. The molecule has 5 nitrogen and oxygen atoms in total. The third kappa shape index (κ3) is 2.14. The number of hydrogen-bond donors (Lipinski definition) is 3. The van der Waals surface area contributed by atoms with E-state index in [1.54, 1.807) is 13.1 Å². The lowest BCUT2D eigenvalue weighted by atomic mass is 9.99. The highest BCUT2D eigenvalue weighted by Gasteiger charge is 2.26. The zero-order valence-corrected chi connectivity index (χ0v) is 9.95. The first-order chi connectivity index (χ1) is 8.04. The van der Waals surface area contributed by atoms with Crippen molar-refractivity contribution >= 4 is 22.5 Å². The van der Waals surface area contributed by atoms with Gasteiger partial charge in [-0.1, -0.05) is 13.0 Å². The first-order valence-corrected chi connectivity index (χ1v) is 5.57. The Morgan fingerprint density at radius 3 is 3.06 bits per heavy atom. The quantitative estimate of drug-likeness (QED) is 0.752. The molecule has 0 aliphatic rings. The summed E-state index contributed by atoms with van der Waals surface area (Å²) < 4.78 is 0. The molecular formula is C12H16N4O. The van der Waals surface area contributed by atoms with Gasteiger partial charge >= 0.3 is 0 Å². The number of nitrogens with one attached hydrogen (secondary N) is 2. The topological polar surface area (TPSA) is 83.8 Å². The molecule has 4 N–H and O–H groups in total. The zero-order chi connectivity index (χ0) is 12.5. The second kappa shape index (κ2) is 4.18. The van der Waals surface area contributed by atoms with Crippen LogP contribution >= 0.6 is 0 Å². The summed E-state index contributed by atoms with van der Waals surface area (Å²) in [7, 11) is 0. The summed E-state index contributed by atoms with van der Waals surface area (Å²) in [5.74, 6) is -0.186. The first-order valence-electron chi connectivity index (χ1n) is 5.57. The summed E-state index contributed by atoms with van der Waals surface area (Å²) in [6, 6.07) is 5.59. The van der Waals surface area contributed by atoms with Gasteiger partial charge in [-0.25, -0.2) is 0 Å². The summed E-state index contributed by atoms with van der Waals surface area (Å²) in [5.41, 5.74) is 6.65. The number of carbonyl (C=O) groups excluding carboxylic acids is 1. The van der Waals surface area contributed by atoms with E-state index in [1.807, 2.05) is 25.1 Å². The fraction of sp³-hybridized carbons (Fsp3) is 0.333. The Kier molecular flexibility index (Phi) is 2.85. The van der Waals surface area contributed by atoms with Crippen molar-refractivity contribution in [3.05, 3.63) is 24.4 Å². The van der Waals surface area contributed by atoms with Crippen molar-refractivity contribution in [1.29, 1.82) is 0 Å². The summed E-state index contributed by atoms with van der Waals surface area (Å²) in [6.45, 7) is 3.61. The molecule has 17 heavy (non-hydrogen) atoms. The highest BCUT2D eigenvalue weighted by atomic mass is 16.2. The second-order valence-electron chi connectivity index (χ2n) is 4.36. The number of nitrogens with two attached hydrogens (primary N) is 1. The summed E-state index contributed by atoms with van der Waals surface area (Å²) >= 11 is 0. The fourth-order valence-electron chi connectivity index (χ4n) is 1.50. The monoisotopic (exact) mass is 232 g/mol. The Labute approximate surface area is 99.4 Å². The minimum atomic E-state index is -0.855. The smallest absolute Gasteiger partial charge is 0.244 e. The van der Waals surface area contributed by atoms with Crippen LogP contribution in [0.4, 0.5) is 5.69 Å². The molecule has 0 aliphatic heterocycles. The highest BCUT2D eigenvalue weighted by molar-refractivity contribution is 6.04. The number of anilines is 1. The van der Waals surface area contributed by atoms with Crippen molar-refractivity contribution < 1.29 is 4.79 Å². The van der Waals surface area contributed by atoms with Gasteiger partial charge in [0.05, 0.1) is 22.9 Å². The lowest BCUT2D eigenvalue weighted by Gasteiger charge is -2.21. The Hall–Kier alpha value is -1.88. The van der Waals surface area contributed by atoms with Crippen molar-refractivity contribution in [2.45, 2.75) is 25.8 Å². The first kappa shape index (κ1) is 11.6. The van der Waals surface area contributed by atoms with Gasteiger partial charge in [-0.3, -0.25) is 9.89 Å². The Morgan fingerprint density at radius 2 is 2.35 bits per heavy atom. The van der Waals surface area contributed by atoms with Crippen LogP contribution in [0.1, 0.15) is 20.3 Å². The van der Waals surface area contributed by atoms with Crippen LogP contribution in [-0.2, 0) is 4.79 Å². The third-order valence-corrected chi connectivity index (χ3v) is 2.99. The predicted molar refractivity (Wildman–Crippen MR) is 67.6 cm³/mol. The average molecular weight is 232 g/mol. The normalized spacial score (nSPS) is 14.5. The van der Waals surface area contributed by atoms with Crippen LogP contribution in [0.5, 0.6) is 0 Å². The maximum Gasteiger partial charge on any atom is 0.244 e. The molecule has 0 spiro atoms. The molecule has 0 bridgehead atoms. The van der Waals surface area contributed by atoms with E-state index in [9.17, 15) is 4.79 Å². The van der Waals surface area contributed by atoms with E-state index in [4.69, 9.17) is 5.73 Å². The predicted octanol–water partition coefficient (Wildman–Crippen LogP) is 1.63. The molecule has 1 unspecified atom stereocenters. The van der Waals surface area contributed by atoms with E-state index >= 15 is 0 Å². The number of carbonyl (C=O) groups is 1. The molecule has 0 radical (unpaired) electrons. The van der Waals surface area contributed by atoms with Crippen LogP contribution in [0, 0.1) is 0 Å². The van der Waals surface area contributed by atoms with Crippen LogP contribution in [0.3, 0.4) is 0 Å². The molecule has 1 aromatic heterocycles. The number of aromatic amines is 1. The van der Waals surface area contributed by atoms with Gasteiger partial charge in [0, 0.05) is 5.39 Å². The molecule has 0 fully saturated rings. The molecule has 0 aliphatic carbocycles. The van der Waals surface area contributed by atoms with Crippen molar-refractivity contribution in [1.82, 2.24) is 10.2 Å². The number of nitrogens with zero attached hydrogens (tertiary/aromatic N) is 1. The van der Waals surface area contributed by atoms with Crippen LogP contribution < -0.4 is 11.1 Å². The summed E-state index contributed by atoms with van der Waals surface area (Å²) in [5, 5.41) is 10.5. The SMILES string of the molecule is CCC(C)(N)C(=O)Nc1cccc2[nH]ncc12. The van der Waals surface area contributed by atoms with E-state index in [2.05, 4.69) is 15.5 Å². The lowest BCUT2D eigenvalue weighted by Crippen LogP contribution is -2.47. The van der Waals surface area contributed by atoms with Gasteiger partial charge < -0.3 is 11.1 Å². The van der Waals surface area contributed by atoms with E-state index in [1.165, 1.54) is 0 Å². The van der Waals surface area contributed by atoms with Crippen LogP contribution in [0.2, 0.25) is 0 Å². The summed E-state index contributed by atoms with van der Waals surface area (Å²) in [4.78, 5) is 12.0. The number of hydrogen-bond acceptors (Lipinski definition) is 3. The van der Waals surface area contributed by atoms with Gasteiger partial charge in [0.15, 0.2) is 0 Å². The second-order valence-corrected chi connectivity index (χ2v) is 4.36. The maximum absolute atomic E-state index is 12.0. The molecule has 0 saturated heterocycles. The van der Waals surface area contributed by atoms with E-state index in [0.717, 1.165) is 16.6 Å². The molecule has 1 heterocycles. The molecule has 1 amide bonds. The van der Waals surface area contributed by atoms with Crippen molar-refractivity contribution in [2.24, 2.45) is 5.73 Å². The third-order valence-electron chi connectivity index (χ3n) is 2.99. The molecular weight excluding hydrogens is 216 g/mol. The van der Waals surface area contributed by atoms with E-state index in [0.29, 0.717) is 6.42 Å². The minimum Gasteiger partial charge on any atom is -0.324 e. The minimum absolute atomic E-state index is 0.186. The molecule has 1 aromatic carbocycles. The standard InChI is InChI=1S/C12H16N4O/c1-3-12(2,13)11(17)15-9-5-4-6-10-8(9)7-14-16-10/h4-7H,3,13H2,1-2H3,(H,14,16)(H,15,17). The van der Waals surface area contributed by atoms with Gasteiger partial charge in [0.2, 0.25) is 5.91 Å². The average Bonchev–Trinajstić information content (AvgIpc) is 2.78. The number of rotatable bonds is 3. The number of benzene rings is 1. The Balaban J connectivity index is 2.30. The fourth-order valence-corrected chi connectivity index (χ4v) is 1.50. The Bertz CT molecular complexity index is 544. The molecule has 90 valence electrons. The van der Waals surface area contributed by atoms with Crippen molar-refractivity contribution in [3.8, 4) is 0 Å². The van der Waals surface area contributed by atoms with E-state index < -0.39 is 5.54 Å². The largest absolute Gasteiger partial charge is 0.324 e. The number of H-pyrrole nitrogens is 1.